The summed E-state index contributed by atoms with van der Waals surface area (Å²) < 4.78 is 12.3. The summed E-state index contributed by atoms with van der Waals surface area (Å²) >= 11 is 0. The molecule has 0 aromatic rings. The van der Waals surface area contributed by atoms with Crippen molar-refractivity contribution in [1.29, 1.82) is 0 Å². The molecule has 0 bridgehead atoms. The Bertz CT molecular complexity index is 152. The molecule has 0 fully saturated rings. The van der Waals surface area contributed by atoms with E-state index < -0.39 is 0 Å². The Hall–Kier alpha value is -0.920. The third-order valence-corrected chi connectivity index (χ3v) is 0.641. The first-order chi connectivity index (χ1) is 4.16. The number of aliphatic imine (C=N–C) groups is 1. The highest BCUT2D eigenvalue weighted by Gasteiger charge is 1.84. The third kappa shape index (κ3) is 4.94. The molecule has 2 heteroatoms. The second-order valence-electron chi connectivity index (χ2n) is 1.92. The van der Waals surface area contributed by atoms with Crippen LogP contribution in [-0.4, -0.2) is 6.72 Å². The lowest BCUT2D eigenvalue weighted by Crippen LogP contribution is -1.66. The predicted octanol–water partition coefficient (Wildman–Crippen LogP) is 2.46. The predicted molar refractivity (Wildman–Crippen MR) is 38.2 cm³/mol. The molecule has 0 atom stereocenters. The van der Waals surface area contributed by atoms with Gasteiger partial charge in [0.2, 0.25) is 0 Å². The van der Waals surface area contributed by atoms with E-state index in [1.807, 2.05) is 13.8 Å². The molecule has 0 amide bonds. The minimum Gasteiger partial charge on any atom is -0.269 e. The first-order valence-corrected chi connectivity index (χ1v) is 2.63. The fraction of sp³-hybridized carbons (Fsp3) is 0.286. The van der Waals surface area contributed by atoms with Gasteiger partial charge in [-0.1, -0.05) is 5.57 Å². The van der Waals surface area contributed by atoms with Crippen molar-refractivity contribution in [3.63, 3.8) is 0 Å². The van der Waals surface area contributed by atoms with Gasteiger partial charge in [-0.2, -0.15) is 0 Å². The van der Waals surface area contributed by atoms with E-state index in [-0.39, 0.29) is 5.83 Å². The van der Waals surface area contributed by atoms with Crippen LogP contribution < -0.4 is 0 Å². The standard InChI is InChI=1S/C7H10FN/c1-6(2)4-7(8)5-9-3/h4-5H,3H2,1-2H3/b7-5+. The highest BCUT2D eigenvalue weighted by molar-refractivity contribution is 5.27. The van der Waals surface area contributed by atoms with Gasteiger partial charge in [0.15, 0.2) is 0 Å². The van der Waals surface area contributed by atoms with Crippen molar-refractivity contribution in [2.45, 2.75) is 13.8 Å². The maximum atomic E-state index is 12.3. The quantitative estimate of drug-likeness (QED) is 0.399. The Morgan fingerprint density at radius 1 is 1.56 bits per heavy atom. The Morgan fingerprint density at radius 3 is 2.44 bits per heavy atom. The Morgan fingerprint density at radius 2 is 2.11 bits per heavy atom. The zero-order chi connectivity index (χ0) is 7.28. The van der Waals surface area contributed by atoms with Crippen LogP contribution in [0.4, 0.5) is 4.39 Å². The molecule has 0 aromatic heterocycles. The molecule has 0 N–H and O–H groups in total. The summed E-state index contributed by atoms with van der Waals surface area (Å²) in [4.78, 5) is 3.26. The molecule has 0 saturated carbocycles. The van der Waals surface area contributed by atoms with Gasteiger partial charge in [-0.15, -0.1) is 0 Å². The van der Waals surface area contributed by atoms with Crippen LogP contribution in [0.2, 0.25) is 0 Å². The monoisotopic (exact) mass is 127 g/mol. The topological polar surface area (TPSA) is 12.4 Å². The molecule has 0 aliphatic heterocycles. The fourth-order valence-corrected chi connectivity index (χ4v) is 0.400. The second kappa shape index (κ2) is 4.01. The van der Waals surface area contributed by atoms with Gasteiger partial charge in [0.05, 0.1) is 6.20 Å². The van der Waals surface area contributed by atoms with Crippen LogP contribution >= 0.6 is 0 Å². The summed E-state index contributed by atoms with van der Waals surface area (Å²) in [5.74, 6) is -0.356. The van der Waals surface area contributed by atoms with E-state index in [9.17, 15) is 4.39 Å². The van der Waals surface area contributed by atoms with Gasteiger partial charge in [0.1, 0.15) is 5.83 Å². The zero-order valence-electron chi connectivity index (χ0n) is 5.69. The molecule has 0 saturated heterocycles. The normalized spacial score (nSPS) is 10.8. The Labute approximate surface area is 54.6 Å². The lowest BCUT2D eigenvalue weighted by molar-refractivity contribution is 0.662. The van der Waals surface area contributed by atoms with Gasteiger partial charge in [-0.05, 0) is 26.6 Å². The van der Waals surface area contributed by atoms with E-state index in [1.165, 1.54) is 6.08 Å². The molecule has 50 valence electrons. The summed E-state index contributed by atoms with van der Waals surface area (Å²) in [6, 6.07) is 0. The molecule has 0 aliphatic carbocycles. The molecule has 1 nitrogen and oxygen atoms in total. The van der Waals surface area contributed by atoms with Crippen LogP contribution in [0.25, 0.3) is 0 Å². The first kappa shape index (κ1) is 8.08. The smallest absolute Gasteiger partial charge is 0.141 e. The number of rotatable bonds is 2. The van der Waals surface area contributed by atoms with E-state index >= 15 is 0 Å². The molecule has 0 aliphatic rings. The molecule has 0 aromatic carbocycles. The van der Waals surface area contributed by atoms with E-state index in [0.29, 0.717) is 0 Å². The molecular formula is C7H10FN. The lowest BCUT2D eigenvalue weighted by Gasteiger charge is -1.84. The van der Waals surface area contributed by atoms with Gasteiger partial charge in [-0.25, -0.2) is 4.39 Å². The van der Waals surface area contributed by atoms with Gasteiger partial charge in [0.25, 0.3) is 0 Å². The zero-order valence-corrected chi connectivity index (χ0v) is 5.69. The maximum absolute atomic E-state index is 12.3. The highest BCUT2D eigenvalue weighted by Crippen LogP contribution is 2.01. The van der Waals surface area contributed by atoms with Gasteiger partial charge < -0.3 is 0 Å². The molecule has 0 rings (SSSR count). The van der Waals surface area contributed by atoms with Crippen LogP contribution in [0.15, 0.2) is 28.7 Å². The molecular weight excluding hydrogens is 117 g/mol. The summed E-state index contributed by atoms with van der Waals surface area (Å²) in [6.45, 7) is 6.74. The largest absolute Gasteiger partial charge is 0.269 e. The highest BCUT2D eigenvalue weighted by atomic mass is 19.1. The van der Waals surface area contributed by atoms with Crippen molar-refractivity contribution >= 4 is 6.72 Å². The Balaban J connectivity index is 4.05. The summed E-state index contributed by atoms with van der Waals surface area (Å²) in [5, 5.41) is 0. The van der Waals surface area contributed by atoms with Crippen molar-refractivity contribution in [3.05, 3.63) is 23.7 Å². The number of allylic oxidation sites excluding steroid dienone is 3. The molecule has 0 radical (unpaired) electrons. The SMILES string of the molecule is C=N/C=C(/F)C=C(C)C. The van der Waals surface area contributed by atoms with Gasteiger partial charge >= 0.3 is 0 Å². The molecule has 9 heavy (non-hydrogen) atoms. The summed E-state index contributed by atoms with van der Waals surface area (Å²) in [6.07, 6.45) is 2.47. The van der Waals surface area contributed by atoms with Crippen molar-refractivity contribution < 1.29 is 4.39 Å². The van der Waals surface area contributed by atoms with Crippen LogP contribution in [0.1, 0.15) is 13.8 Å². The average Bonchev–Trinajstić information content (AvgIpc) is 1.63. The number of nitrogens with zero attached hydrogens (tertiary/aromatic N) is 1. The molecule has 0 spiro atoms. The molecule has 0 heterocycles. The van der Waals surface area contributed by atoms with Gasteiger partial charge in [-0.3, -0.25) is 4.99 Å². The molecule has 0 unspecified atom stereocenters. The Kier molecular flexibility index (Phi) is 3.60. The van der Waals surface area contributed by atoms with Crippen LogP contribution in [0, 0.1) is 0 Å². The van der Waals surface area contributed by atoms with E-state index in [0.717, 1.165) is 11.8 Å². The van der Waals surface area contributed by atoms with Crippen molar-refractivity contribution in [1.82, 2.24) is 0 Å². The number of halogens is 1. The maximum Gasteiger partial charge on any atom is 0.141 e. The van der Waals surface area contributed by atoms with Crippen molar-refractivity contribution in [2.24, 2.45) is 4.99 Å². The van der Waals surface area contributed by atoms with E-state index in [4.69, 9.17) is 0 Å². The summed E-state index contributed by atoms with van der Waals surface area (Å²) in [7, 11) is 0. The number of hydrogen-bond acceptors (Lipinski definition) is 1. The second-order valence-corrected chi connectivity index (χ2v) is 1.92. The van der Waals surface area contributed by atoms with Crippen molar-refractivity contribution in [3.8, 4) is 0 Å². The van der Waals surface area contributed by atoms with Crippen LogP contribution in [0.3, 0.4) is 0 Å². The van der Waals surface area contributed by atoms with E-state index in [2.05, 4.69) is 11.7 Å². The minimum absolute atomic E-state index is 0.356. The average molecular weight is 127 g/mol. The number of hydrogen-bond donors (Lipinski definition) is 0. The van der Waals surface area contributed by atoms with Gasteiger partial charge in [0, 0.05) is 0 Å². The first-order valence-electron chi connectivity index (χ1n) is 2.63. The van der Waals surface area contributed by atoms with Crippen LogP contribution in [0.5, 0.6) is 0 Å². The third-order valence-electron chi connectivity index (χ3n) is 0.641. The lowest BCUT2D eigenvalue weighted by atomic mass is 10.3. The van der Waals surface area contributed by atoms with Crippen LogP contribution in [-0.2, 0) is 0 Å². The summed E-state index contributed by atoms with van der Waals surface area (Å²) in [5.41, 5.74) is 0.910. The fourth-order valence-electron chi connectivity index (χ4n) is 0.400. The van der Waals surface area contributed by atoms with Crippen molar-refractivity contribution in [2.75, 3.05) is 0 Å². The van der Waals surface area contributed by atoms with E-state index in [1.54, 1.807) is 0 Å². The minimum atomic E-state index is -0.356.